The molecule has 0 heterocycles. The number of nitrogens with two attached hydrogens (primary N) is 1. The van der Waals surface area contributed by atoms with E-state index in [-0.39, 0.29) is 11.7 Å². The van der Waals surface area contributed by atoms with Crippen LogP contribution in [-0.4, -0.2) is 25.8 Å². The van der Waals surface area contributed by atoms with Gasteiger partial charge in [-0.2, -0.15) is 13.6 Å². The van der Waals surface area contributed by atoms with Crippen LogP contribution < -0.4 is 9.32 Å². The highest BCUT2D eigenvalue weighted by Gasteiger charge is 2.14. The number of carbonyl (C=O) groups excluding carboxylic acids is 1. The Morgan fingerprint density at radius 1 is 1.09 bits per heavy atom. The Morgan fingerprint density at radius 3 is 2.22 bits per heavy atom. The molecule has 2 aromatic rings. The van der Waals surface area contributed by atoms with Crippen LogP contribution in [-0.2, 0) is 16.8 Å². The lowest BCUT2D eigenvalue weighted by atomic mass is 10.1. The van der Waals surface area contributed by atoms with Crippen molar-refractivity contribution < 1.29 is 17.4 Å². The van der Waals surface area contributed by atoms with Gasteiger partial charge in [0.2, 0.25) is 0 Å². The SMILES string of the molecule is CCN(Cc1ccc(OS(N)(=O)=O)cc1)C(=O)c1ccccc1. The number of benzene rings is 2. The lowest BCUT2D eigenvalue weighted by molar-refractivity contribution is 0.0752. The monoisotopic (exact) mass is 334 g/mol. The summed E-state index contributed by atoms with van der Waals surface area (Å²) in [5.74, 6) is 0.0756. The van der Waals surface area contributed by atoms with E-state index < -0.39 is 10.3 Å². The highest BCUT2D eigenvalue weighted by Crippen LogP contribution is 2.16. The maximum Gasteiger partial charge on any atom is 0.380 e. The Balaban J connectivity index is 2.09. The second-order valence-corrected chi connectivity index (χ2v) is 6.06. The zero-order valence-corrected chi connectivity index (χ0v) is 13.5. The maximum absolute atomic E-state index is 12.4. The molecule has 0 atom stereocenters. The second-order valence-electron chi connectivity index (χ2n) is 4.91. The smallest absolute Gasteiger partial charge is 0.371 e. The van der Waals surface area contributed by atoms with Crippen LogP contribution in [0.3, 0.4) is 0 Å². The standard InChI is InChI=1S/C16H18N2O4S/c1-2-18(16(19)14-6-4-3-5-7-14)12-13-8-10-15(11-9-13)22-23(17,20)21/h3-11H,2,12H2,1H3,(H2,17,20,21). The van der Waals surface area contributed by atoms with Gasteiger partial charge in [-0.25, -0.2) is 0 Å². The van der Waals surface area contributed by atoms with Crippen LogP contribution in [0, 0.1) is 0 Å². The van der Waals surface area contributed by atoms with E-state index in [9.17, 15) is 13.2 Å². The lowest BCUT2D eigenvalue weighted by Crippen LogP contribution is -2.30. The molecule has 7 heteroatoms. The summed E-state index contributed by atoms with van der Waals surface area (Å²) in [6.45, 7) is 2.88. The first-order valence-corrected chi connectivity index (χ1v) is 8.51. The van der Waals surface area contributed by atoms with Crippen molar-refractivity contribution in [2.45, 2.75) is 13.5 Å². The number of amides is 1. The Kier molecular flexibility index (Phi) is 5.36. The van der Waals surface area contributed by atoms with Crippen molar-refractivity contribution >= 4 is 16.2 Å². The molecule has 0 aliphatic carbocycles. The third-order valence-corrected chi connectivity index (χ3v) is 3.62. The third-order valence-electron chi connectivity index (χ3n) is 3.20. The summed E-state index contributed by atoms with van der Waals surface area (Å²) >= 11 is 0. The van der Waals surface area contributed by atoms with E-state index in [0.717, 1.165) is 5.56 Å². The molecule has 2 rings (SSSR count). The molecule has 0 saturated heterocycles. The van der Waals surface area contributed by atoms with Gasteiger partial charge in [-0.15, -0.1) is 0 Å². The van der Waals surface area contributed by atoms with Gasteiger partial charge in [0.15, 0.2) is 0 Å². The first-order valence-electron chi connectivity index (χ1n) is 7.04. The van der Waals surface area contributed by atoms with E-state index in [2.05, 4.69) is 4.18 Å². The van der Waals surface area contributed by atoms with Gasteiger partial charge < -0.3 is 9.08 Å². The Labute approximate surface area is 135 Å². The minimum absolute atomic E-state index is 0.0574. The zero-order valence-electron chi connectivity index (χ0n) is 12.7. The Bertz CT molecular complexity index is 758. The Hall–Kier alpha value is -2.38. The molecule has 0 aromatic heterocycles. The van der Waals surface area contributed by atoms with Crippen LogP contribution in [0.4, 0.5) is 0 Å². The number of hydrogen-bond acceptors (Lipinski definition) is 4. The zero-order chi connectivity index (χ0) is 16.9. The molecule has 0 unspecified atom stereocenters. The number of rotatable bonds is 6. The minimum Gasteiger partial charge on any atom is -0.371 e. The molecular weight excluding hydrogens is 316 g/mol. The van der Waals surface area contributed by atoms with Crippen LogP contribution in [0.5, 0.6) is 5.75 Å². The molecule has 0 fully saturated rings. The minimum atomic E-state index is -4.03. The summed E-state index contributed by atoms with van der Waals surface area (Å²) in [4.78, 5) is 14.1. The normalized spacial score (nSPS) is 11.0. The van der Waals surface area contributed by atoms with Gasteiger partial charge in [0, 0.05) is 18.7 Å². The predicted molar refractivity (Wildman–Crippen MR) is 87.0 cm³/mol. The van der Waals surface area contributed by atoms with Gasteiger partial charge in [-0.05, 0) is 36.8 Å². The maximum atomic E-state index is 12.4. The summed E-state index contributed by atoms with van der Waals surface area (Å²) in [7, 11) is -4.03. The van der Waals surface area contributed by atoms with Crippen LogP contribution >= 0.6 is 0 Å². The van der Waals surface area contributed by atoms with Gasteiger partial charge in [-0.3, -0.25) is 4.79 Å². The van der Waals surface area contributed by atoms with Crippen molar-refractivity contribution in [3.63, 3.8) is 0 Å². The first kappa shape index (κ1) is 17.0. The summed E-state index contributed by atoms with van der Waals surface area (Å²) in [5, 5.41) is 4.81. The molecule has 0 saturated carbocycles. The molecule has 0 spiro atoms. The van der Waals surface area contributed by atoms with E-state index in [1.165, 1.54) is 12.1 Å². The topological polar surface area (TPSA) is 89.7 Å². The lowest BCUT2D eigenvalue weighted by Gasteiger charge is -2.21. The van der Waals surface area contributed by atoms with E-state index >= 15 is 0 Å². The second kappa shape index (κ2) is 7.26. The third kappa shape index (κ3) is 5.08. The highest BCUT2D eigenvalue weighted by atomic mass is 32.2. The molecular formula is C16H18N2O4S. The van der Waals surface area contributed by atoms with Crippen LogP contribution in [0.15, 0.2) is 54.6 Å². The Morgan fingerprint density at radius 2 is 1.70 bits per heavy atom. The summed E-state index contributed by atoms with van der Waals surface area (Å²) < 4.78 is 26.3. The van der Waals surface area contributed by atoms with Crippen LogP contribution in [0.1, 0.15) is 22.8 Å². The number of nitrogens with zero attached hydrogens (tertiary/aromatic N) is 1. The average Bonchev–Trinajstić information content (AvgIpc) is 2.53. The van der Waals surface area contributed by atoms with Crippen LogP contribution in [0.2, 0.25) is 0 Å². The highest BCUT2D eigenvalue weighted by molar-refractivity contribution is 7.84. The fraction of sp³-hybridized carbons (Fsp3) is 0.188. The molecule has 0 aliphatic rings. The molecule has 2 N–H and O–H groups in total. The summed E-state index contributed by atoms with van der Waals surface area (Å²) in [6.07, 6.45) is 0. The molecule has 0 radical (unpaired) electrons. The fourth-order valence-electron chi connectivity index (χ4n) is 2.10. The molecule has 0 bridgehead atoms. The molecule has 6 nitrogen and oxygen atoms in total. The fourth-order valence-corrected chi connectivity index (χ4v) is 2.47. The van der Waals surface area contributed by atoms with E-state index in [0.29, 0.717) is 18.7 Å². The van der Waals surface area contributed by atoms with Crippen molar-refractivity contribution in [1.82, 2.24) is 4.90 Å². The number of carbonyl (C=O) groups is 1. The van der Waals surface area contributed by atoms with Crippen LogP contribution in [0.25, 0.3) is 0 Å². The molecule has 122 valence electrons. The van der Waals surface area contributed by atoms with Gasteiger partial charge in [0.05, 0.1) is 0 Å². The van der Waals surface area contributed by atoms with Gasteiger partial charge in [-0.1, -0.05) is 30.3 Å². The van der Waals surface area contributed by atoms with Crippen molar-refractivity contribution in [3.8, 4) is 5.75 Å². The van der Waals surface area contributed by atoms with Crippen molar-refractivity contribution in [2.75, 3.05) is 6.54 Å². The first-order chi connectivity index (χ1) is 10.9. The molecule has 1 amide bonds. The van der Waals surface area contributed by atoms with Gasteiger partial charge >= 0.3 is 10.3 Å². The van der Waals surface area contributed by atoms with E-state index in [1.54, 1.807) is 29.2 Å². The largest absolute Gasteiger partial charge is 0.380 e. The van der Waals surface area contributed by atoms with Gasteiger partial charge in [0.1, 0.15) is 5.75 Å². The predicted octanol–water partition coefficient (Wildman–Crippen LogP) is 1.93. The molecule has 0 aliphatic heterocycles. The van der Waals surface area contributed by atoms with Crippen molar-refractivity contribution in [3.05, 3.63) is 65.7 Å². The van der Waals surface area contributed by atoms with Crippen molar-refractivity contribution in [1.29, 1.82) is 0 Å². The quantitative estimate of drug-likeness (QED) is 0.874. The average molecular weight is 334 g/mol. The molecule has 23 heavy (non-hydrogen) atoms. The van der Waals surface area contributed by atoms with E-state index in [1.807, 2.05) is 25.1 Å². The van der Waals surface area contributed by atoms with E-state index in [4.69, 9.17) is 5.14 Å². The van der Waals surface area contributed by atoms with Gasteiger partial charge in [0.25, 0.3) is 5.91 Å². The summed E-state index contributed by atoms with van der Waals surface area (Å²) in [5.41, 5.74) is 1.49. The summed E-state index contributed by atoms with van der Waals surface area (Å²) in [6, 6.07) is 15.4. The van der Waals surface area contributed by atoms with Crippen molar-refractivity contribution in [2.24, 2.45) is 5.14 Å². The molecule has 2 aromatic carbocycles. The number of hydrogen-bond donors (Lipinski definition) is 1.